The van der Waals surface area contributed by atoms with E-state index in [4.69, 9.17) is 10.8 Å². The lowest BCUT2D eigenvalue weighted by atomic mass is 10.2. The molecule has 1 rings (SSSR count). The second kappa shape index (κ2) is 6.28. The summed E-state index contributed by atoms with van der Waals surface area (Å²) in [5.74, 6) is -3.60. The monoisotopic (exact) mass is 332 g/mol. The van der Waals surface area contributed by atoms with Gasteiger partial charge >= 0.3 is 5.97 Å². The van der Waals surface area contributed by atoms with E-state index >= 15 is 0 Å². The summed E-state index contributed by atoms with van der Waals surface area (Å²) >= 11 is 2.93. The smallest absolute Gasteiger partial charge is 0.323 e. The van der Waals surface area contributed by atoms with Gasteiger partial charge in [0.25, 0.3) is 5.91 Å². The van der Waals surface area contributed by atoms with Gasteiger partial charge in [0.05, 0.1) is 4.47 Å². The van der Waals surface area contributed by atoms with Gasteiger partial charge in [-0.25, -0.2) is 4.39 Å². The SMILES string of the molecule is NC(=O)CN(CC(=O)O)C(=O)c1ccc(Br)c(F)c1. The number of carboxylic acid groups (broad SMARTS) is 1. The van der Waals surface area contributed by atoms with E-state index in [1.807, 2.05) is 0 Å². The molecule has 0 spiro atoms. The Hall–Kier alpha value is -1.96. The van der Waals surface area contributed by atoms with Gasteiger partial charge in [-0.2, -0.15) is 0 Å². The summed E-state index contributed by atoms with van der Waals surface area (Å²) in [6.07, 6.45) is 0. The third-order valence-corrected chi connectivity index (χ3v) is 2.77. The first-order chi connectivity index (χ1) is 8.81. The highest BCUT2D eigenvalue weighted by Crippen LogP contribution is 2.17. The fourth-order valence-electron chi connectivity index (χ4n) is 1.36. The van der Waals surface area contributed by atoms with Gasteiger partial charge in [0, 0.05) is 5.56 Å². The van der Waals surface area contributed by atoms with Gasteiger partial charge < -0.3 is 15.7 Å². The molecule has 1 aromatic carbocycles. The lowest BCUT2D eigenvalue weighted by Crippen LogP contribution is -2.41. The molecule has 1 aromatic rings. The Morgan fingerprint density at radius 1 is 1.32 bits per heavy atom. The van der Waals surface area contributed by atoms with Gasteiger partial charge in [-0.05, 0) is 34.1 Å². The van der Waals surface area contributed by atoms with E-state index in [-0.39, 0.29) is 10.0 Å². The zero-order valence-electron chi connectivity index (χ0n) is 9.60. The number of primary amides is 1. The van der Waals surface area contributed by atoms with Crippen molar-refractivity contribution >= 4 is 33.7 Å². The molecular formula is C11H10BrFN2O4. The number of hydrogen-bond donors (Lipinski definition) is 2. The van der Waals surface area contributed by atoms with E-state index < -0.39 is 36.7 Å². The van der Waals surface area contributed by atoms with Gasteiger partial charge in [-0.3, -0.25) is 14.4 Å². The Kier molecular flexibility index (Phi) is 4.99. The fraction of sp³-hybridized carbons (Fsp3) is 0.182. The maximum absolute atomic E-state index is 13.3. The van der Waals surface area contributed by atoms with Gasteiger partial charge in [-0.1, -0.05) is 0 Å². The maximum atomic E-state index is 13.3. The van der Waals surface area contributed by atoms with Crippen molar-refractivity contribution in [1.29, 1.82) is 0 Å². The van der Waals surface area contributed by atoms with Crippen LogP contribution in [-0.4, -0.2) is 40.9 Å². The summed E-state index contributed by atoms with van der Waals surface area (Å²) in [6.45, 7) is -1.25. The number of halogens is 2. The standard InChI is InChI=1S/C11H10BrFN2O4/c12-7-2-1-6(3-8(7)13)11(19)15(4-9(14)16)5-10(17)18/h1-3H,4-5H2,(H2,14,16)(H,17,18). The van der Waals surface area contributed by atoms with Gasteiger partial charge in [-0.15, -0.1) is 0 Å². The number of amides is 2. The summed E-state index contributed by atoms with van der Waals surface area (Å²) in [6, 6.07) is 3.57. The van der Waals surface area contributed by atoms with E-state index in [0.717, 1.165) is 11.0 Å². The number of rotatable bonds is 5. The van der Waals surface area contributed by atoms with Crippen LogP contribution < -0.4 is 5.73 Å². The van der Waals surface area contributed by atoms with E-state index in [1.54, 1.807) is 0 Å². The van der Waals surface area contributed by atoms with Gasteiger partial charge in [0.2, 0.25) is 5.91 Å². The first-order valence-corrected chi connectivity index (χ1v) is 5.85. The molecule has 0 fully saturated rings. The molecule has 0 heterocycles. The molecule has 2 amide bonds. The minimum Gasteiger partial charge on any atom is -0.480 e. The predicted molar refractivity (Wildman–Crippen MR) is 66.8 cm³/mol. The minimum atomic E-state index is -1.30. The molecule has 0 aliphatic carbocycles. The Labute approximate surface area is 116 Å². The summed E-state index contributed by atoms with van der Waals surface area (Å²) in [5, 5.41) is 8.66. The second-order valence-electron chi connectivity index (χ2n) is 3.65. The zero-order chi connectivity index (χ0) is 14.6. The molecule has 8 heteroatoms. The van der Waals surface area contributed by atoms with E-state index in [2.05, 4.69) is 15.9 Å². The van der Waals surface area contributed by atoms with Crippen LogP contribution in [0.3, 0.4) is 0 Å². The quantitative estimate of drug-likeness (QED) is 0.824. The Morgan fingerprint density at radius 2 is 1.95 bits per heavy atom. The van der Waals surface area contributed by atoms with Crippen molar-refractivity contribution in [2.75, 3.05) is 13.1 Å². The second-order valence-corrected chi connectivity index (χ2v) is 4.50. The van der Waals surface area contributed by atoms with Crippen LogP contribution in [0.1, 0.15) is 10.4 Å². The Balaban J connectivity index is 3.00. The average molecular weight is 333 g/mol. The molecule has 0 saturated heterocycles. The number of hydrogen-bond acceptors (Lipinski definition) is 3. The van der Waals surface area contributed by atoms with E-state index in [1.165, 1.54) is 12.1 Å². The van der Waals surface area contributed by atoms with Crippen molar-refractivity contribution < 1.29 is 23.9 Å². The molecule has 19 heavy (non-hydrogen) atoms. The third kappa shape index (κ3) is 4.32. The first-order valence-electron chi connectivity index (χ1n) is 5.05. The maximum Gasteiger partial charge on any atom is 0.323 e. The topological polar surface area (TPSA) is 101 Å². The number of aliphatic carboxylic acids is 1. The highest BCUT2D eigenvalue weighted by Gasteiger charge is 2.21. The van der Waals surface area contributed by atoms with Crippen LogP contribution in [0.4, 0.5) is 4.39 Å². The van der Waals surface area contributed by atoms with E-state index in [0.29, 0.717) is 0 Å². The number of nitrogens with zero attached hydrogens (tertiary/aromatic N) is 1. The molecule has 0 saturated carbocycles. The first kappa shape index (κ1) is 15.1. The Morgan fingerprint density at radius 3 is 2.42 bits per heavy atom. The normalized spacial score (nSPS) is 10.0. The molecule has 0 unspecified atom stereocenters. The lowest BCUT2D eigenvalue weighted by Gasteiger charge is -2.19. The highest BCUT2D eigenvalue weighted by atomic mass is 79.9. The number of nitrogens with two attached hydrogens (primary N) is 1. The molecule has 0 aromatic heterocycles. The van der Waals surface area contributed by atoms with Crippen LogP contribution in [0, 0.1) is 5.82 Å². The molecule has 0 bridgehead atoms. The van der Waals surface area contributed by atoms with Crippen molar-refractivity contribution in [3.05, 3.63) is 34.1 Å². The third-order valence-electron chi connectivity index (χ3n) is 2.13. The van der Waals surface area contributed by atoms with Crippen molar-refractivity contribution in [2.24, 2.45) is 5.73 Å². The average Bonchev–Trinajstić information content (AvgIpc) is 2.29. The van der Waals surface area contributed by atoms with Gasteiger partial charge in [0.15, 0.2) is 0 Å². The van der Waals surface area contributed by atoms with E-state index in [9.17, 15) is 18.8 Å². The molecule has 0 aliphatic rings. The molecule has 6 nitrogen and oxygen atoms in total. The summed E-state index contributed by atoms with van der Waals surface area (Å²) in [4.78, 5) is 34.1. The van der Waals surface area contributed by atoms with Crippen molar-refractivity contribution in [2.45, 2.75) is 0 Å². The van der Waals surface area contributed by atoms with Crippen LogP contribution >= 0.6 is 15.9 Å². The van der Waals surface area contributed by atoms with Crippen LogP contribution in [-0.2, 0) is 9.59 Å². The molecule has 3 N–H and O–H groups in total. The van der Waals surface area contributed by atoms with Crippen molar-refractivity contribution in [3.63, 3.8) is 0 Å². The molecule has 0 radical (unpaired) electrons. The van der Waals surface area contributed by atoms with Crippen LogP contribution in [0.5, 0.6) is 0 Å². The molecule has 0 atom stereocenters. The van der Waals surface area contributed by atoms with Gasteiger partial charge in [0.1, 0.15) is 18.9 Å². The largest absolute Gasteiger partial charge is 0.480 e. The highest BCUT2D eigenvalue weighted by molar-refractivity contribution is 9.10. The molecule has 102 valence electrons. The predicted octanol–water partition coefficient (Wildman–Crippen LogP) is 0.600. The number of carbonyl (C=O) groups excluding carboxylic acids is 2. The summed E-state index contributed by atoms with van der Waals surface area (Å²) in [5.41, 5.74) is 4.87. The Bertz CT molecular complexity index is 519. The number of carbonyl (C=O) groups is 3. The summed E-state index contributed by atoms with van der Waals surface area (Å²) < 4.78 is 13.5. The van der Waals surface area contributed by atoms with Crippen molar-refractivity contribution in [3.8, 4) is 0 Å². The summed E-state index contributed by atoms with van der Waals surface area (Å²) in [7, 11) is 0. The van der Waals surface area contributed by atoms with Crippen LogP contribution in [0.2, 0.25) is 0 Å². The minimum absolute atomic E-state index is 0.0665. The number of carboxylic acids is 1. The number of benzene rings is 1. The fourth-order valence-corrected chi connectivity index (χ4v) is 1.61. The molecule has 0 aliphatic heterocycles. The van der Waals surface area contributed by atoms with Crippen molar-refractivity contribution in [1.82, 2.24) is 4.90 Å². The van der Waals surface area contributed by atoms with Crippen LogP contribution in [0.15, 0.2) is 22.7 Å². The zero-order valence-corrected chi connectivity index (χ0v) is 11.2. The molecular weight excluding hydrogens is 323 g/mol. The lowest BCUT2D eigenvalue weighted by molar-refractivity contribution is -0.138. The van der Waals surface area contributed by atoms with Crippen LogP contribution in [0.25, 0.3) is 0 Å².